The van der Waals surface area contributed by atoms with E-state index in [0.29, 0.717) is 12.1 Å². The molecule has 1 amide bonds. The molecule has 0 saturated carbocycles. The highest BCUT2D eigenvalue weighted by atomic mass is 16.8. The highest BCUT2D eigenvalue weighted by Gasteiger charge is 2.15. The van der Waals surface area contributed by atoms with E-state index in [-0.39, 0.29) is 5.56 Å². The third-order valence-corrected chi connectivity index (χ3v) is 2.06. The lowest BCUT2D eigenvalue weighted by Gasteiger charge is -2.11. The second kappa shape index (κ2) is 4.77. The molecule has 0 fully saturated rings. The van der Waals surface area contributed by atoms with Crippen LogP contribution in [0.3, 0.4) is 0 Å². The number of carbonyl (C=O) groups is 1. The third-order valence-electron chi connectivity index (χ3n) is 2.06. The van der Waals surface area contributed by atoms with Crippen molar-refractivity contribution in [2.24, 2.45) is 0 Å². The minimum Gasteiger partial charge on any atom is -0.399 e. The lowest BCUT2D eigenvalue weighted by molar-refractivity contribution is -0.260. The lowest BCUT2D eigenvalue weighted by atomic mass is 10.0. The summed E-state index contributed by atoms with van der Waals surface area (Å²) >= 11 is 0. The van der Waals surface area contributed by atoms with Crippen LogP contribution >= 0.6 is 0 Å². The van der Waals surface area contributed by atoms with Gasteiger partial charge in [0.2, 0.25) is 0 Å². The Morgan fingerprint density at radius 3 is 2.67 bits per heavy atom. The van der Waals surface area contributed by atoms with Gasteiger partial charge in [-0.3, -0.25) is 15.2 Å². The Labute approximate surface area is 87.6 Å². The number of anilines is 1. The molecule has 0 aliphatic carbocycles. The standard InChI is InChI=1S/C10H14N2O3/c1-2-3-7-6-8(11)4-5-9(7)10(13)12(14)15/h4-6,14-15H,2-3,11H2,1H3. The first-order valence-electron chi connectivity index (χ1n) is 4.67. The van der Waals surface area contributed by atoms with Crippen molar-refractivity contribution in [1.82, 2.24) is 5.23 Å². The third kappa shape index (κ3) is 2.68. The lowest BCUT2D eigenvalue weighted by Crippen LogP contribution is -2.24. The van der Waals surface area contributed by atoms with Crippen molar-refractivity contribution in [3.8, 4) is 0 Å². The minimum atomic E-state index is -0.849. The van der Waals surface area contributed by atoms with Crippen LogP contribution in [-0.2, 0) is 6.42 Å². The van der Waals surface area contributed by atoms with E-state index in [0.717, 1.165) is 12.0 Å². The molecule has 1 rings (SSSR count). The number of nitrogens with two attached hydrogens (primary N) is 1. The summed E-state index contributed by atoms with van der Waals surface area (Å²) in [5.41, 5.74) is 7.12. The number of rotatable bonds is 3. The fourth-order valence-corrected chi connectivity index (χ4v) is 1.41. The highest BCUT2D eigenvalue weighted by molar-refractivity contribution is 5.94. The summed E-state index contributed by atoms with van der Waals surface area (Å²) in [4.78, 5) is 11.3. The maximum atomic E-state index is 11.3. The highest BCUT2D eigenvalue weighted by Crippen LogP contribution is 2.16. The number of aryl methyl sites for hydroxylation is 1. The van der Waals surface area contributed by atoms with E-state index in [1.165, 1.54) is 6.07 Å². The monoisotopic (exact) mass is 210 g/mol. The molecule has 1 aromatic rings. The molecule has 0 unspecified atom stereocenters. The fraction of sp³-hybridized carbons (Fsp3) is 0.300. The van der Waals surface area contributed by atoms with E-state index < -0.39 is 11.1 Å². The normalized spacial score (nSPS) is 10.1. The van der Waals surface area contributed by atoms with E-state index in [4.69, 9.17) is 16.1 Å². The Hall–Kier alpha value is -1.59. The van der Waals surface area contributed by atoms with Crippen LogP contribution in [0.2, 0.25) is 0 Å². The SMILES string of the molecule is CCCc1cc(N)ccc1C(=O)N(O)O. The number of hydroxylamine groups is 2. The zero-order valence-electron chi connectivity index (χ0n) is 8.47. The number of nitrogen functional groups attached to an aromatic ring is 1. The maximum Gasteiger partial charge on any atom is 0.303 e. The average Bonchev–Trinajstić information content (AvgIpc) is 2.17. The second-order valence-corrected chi connectivity index (χ2v) is 3.26. The van der Waals surface area contributed by atoms with Crippen LogP contribution in [0, 0.1) is 0 Å². The second-order valence-electron chi connectivity index (χ2n) is 3.26. The fourth-order valence-electron chi connectivity index (χ4n) is 1.41. The predicted octanol–water partition coefficient (Wildman–Crippen LogP) is 1.44. The predicted molar refractivity (Wildman–Crippen MR) is 54.6 cm³/mol. The van der Waals surface area contributed by atoms with Gasteiger partial charge < -0.3 is 5.73 Å². The van der Waals surface area contributed by atoms with Gasteiger partial charge in [0.15, 0.2) is 0 Å². The van der Waals surface area contributed by atoms with Gasteiger partial charge in [-0.05, 0) is 30.2 Å². The van der Waals surface area contributed by atoms with Crippen molar-refractivity contribution >= 4 is 11.6 Å². The molecule has 5 nitrogen and oxygen atoms in total. The Morgan fingerprint density at radius 2 is 2.13 bits per heavy atom. The maximum absolute atomic E-state index is 11.3. The summed E-state index contributed by atoms with van der Waals surface area (Å²) in [6.07, 6.45) is 1.51. The molecule has 0 spiro atoms. The van der Waals surface area contributed by atoms with Crippen LogP contribution in [0.4, 0.5) is 5.69 Å². The van der Waals surface area contributed by atoms with E-state index >= 15 is 0 Å². The van der Waals surface area contributed by atoms with Crippen molar-refractivity contribution in [1.29, 1.82) is 0 Å². The Morgan fingerprint density at radius 1 is 1.47 bits per heavy atom. The number of hydrogen-bond donors (Lipinski definition) is 3. The summed E-state index contributed by atoms with van der Waals surface area (Å²) < 4.78 is 0. The van der Waals surface area contributed by atoms with Crippen LogP contribution in [0.1, 0.15) is 29.3 Å². The minimum absolute atomic E-state index is 0.260. The molecule has 5 heteroatoms. The molecule has 0 aliphatic rings. The molecule has 1 aromatic carbocycles. The molecule has 15 heavy (non-hydrogen) atoms. The molecule has 0 aromatic heterocycles. The first kappa shape index (κ1) is 11.5. The van der Waals surface area contributed by atoms with E-state index in [2.05, 4.69) is 0 Å². The van der Waals surface area contributed by atoms with Gasteiger partial charge in [0.05, 0.1) is 0 Å². The summed E-state index contributed by atoms with van der Waals surface area (Å²) in [5, 5.41) is 16.9. The van der Waals surface area contributed by atoms with Crippen molar-refractivity contribution in [2.45, 2.75) is 19.8 Å². The molecule has 82 valence electrons. The van der Waals surface area contributed by atoms with E-state index in [1.807, 2.05) is 6.92 Å². The summed E-state index contributed by atoms with van der Waals surface area (Å²) in [5.74, 6) is -0.849. The molecular weight excluding hydrogens is 196 g/mol. The molecule has 0 bridgehead atoms. The van der Waals surface area contributed by atoms with Crippen molar-refractivity contribution < 1.29 is 15.2 Å². The number of benzene rings is 1. The van der Waals surface area contributed by atoms with Gasteiger partial charge in [0.1, 0.15) is 0 Å². The van der Waals surface area contributed by atoms with Gasteiger partial charge in [0, 0.05) is 11.3 Å². The van der Waals surface area contributed by atoms with Gasteiger partial charge >= 0.3 is 5.91 Å². The van der Waals surface area contributed by atoms with E-state index in [9.17, 15) is 4.79 Å². The smallest absolute Gasteiger partial charge is 0.303 e. The molecule has 0 saturated heterocycles. The summed E-state index contributed by atoms with van der Waals surface area (Å²) in [6, 6.07) is 4.71. The Bertz CT molecular complexity index is 364. The molecule has 0 atom stereocenters. The van der Waals surface area contributed by atoms with Gasteiger partial charge in [-0.15, -0.1) is 0 Å². The molecule has 0 aliphatic heterocycles. The molecule has 0 heterocycles. The number of carbonyl (C=O) groups excluding carboxylic acids is 1. The topological polar surface area (TPSA) is 86.8 Å². The Kier molecular flexibility index (Phi) is 3.65. The van der Waals surface area contributed by atoms with Gasteiger partial charge in [-0.1, -0.05) is 18.6 Å². The zero-order chi connectivity index (χ0) is 11.4. The molecule has 0 radical (unpaired) electrons. The van der Waals surface area contributed by atoms with Crippen LogP contribution in [0.15, 0.2) is 18.2 Å². The van der Waals surface area contributed by atoms with Gasteiger partial charge in [0.25, 0.3) is 0 Å². The summed E-state index contributed by atoms with van der Waals surface area (Å²) in [7, 11) is 0. The number of amides is 1. The van der Waals surface area contributed by atoms with Crippen LogP contribution in [0.5, 0.6) is 0 Å². The van der Waals surface area contributed by atoms with Crippen molar-refractivity contribution in [3.05, 3.63) is 29.3 Å². The quantitative estimate of drug-likeness (QED) is 0.400. The van der Waals surface area contributed by atoms with Crippen molar-refractivity contribution in [3.63, 3.8) is 0 Å². The van der Waals surface area contributed by atoms with Crippen molar-refractivity contribution in [2.75, 3.05) is 5.73 Å². The van der Waals surface area contributed by atoms with Gasteiger partial charge in [-0.25, -0.2) is 0 Å². The summed E-state index contributed by atoms with van der Waals surface area (Å²) in [6.45, 7) is 1.97. The first-order valence-corrected chi connectivity index (χ1v) is 4.67. The number of hydrogen-bond acceptors (Lipinski definition) is 4. The van der Waals surface area contributed by atoms with E-state index in [1.54, 1.807) is 12.1 Å². The molecular formula is C10H14N2O3. The first-order chi connectivity index (χ1) is 7.06. The van der Waals surface area contributed by atoms with Crippen LogP contribution in [-0.4, -0.2) is 21.5 Å². The Balaban J connectivity index is 3.10. The van der Waals surface area contributed by atoms with Gasteiger partial charge in [-0.2, -0.15) is 0 Å². The zero-order valence-corrected chi connectivity index (χ0v) is 8.47. The largest absolute Gasteiger partial charge is 0.399 e. The van der Waals surface area contributed by atoms with Crippen LogP contribution in [0.25, 0.3) is 0 Å². The average molecular weight is 210 g/mol. The molecule has 4 N–H and O–H groups in total. The van der Waals surface area contributed by atoms with Crippen LogP contribution < -0.4 is 5.73 Å². The number of nitrogens with zero attached hydrogens (tertiary/aromatic N) is 1.